The van der Waals surface area contributed by atoms with Crippen LogP contribution in [-0.2, 0) is 6.42 Å². The summed E-state index contributed by atoms with van der Waals surface area (Å²) in [6.45, 7) is 2.64. The van der Waals surface area contributed by atoms with Crippen molar-refractivity contribution in [2.45, 2.75) is 13.3 Å². The van der Waals surface area contributed by atoms with Gasteiger partial charge in [0, 0.05) is 6.42 Å². The van der Waals surface area contributed by atoms with Crippen molar-refractivity contribution in [3.05, 3.63) is 59.7 Å². The summed E-state index contributed by atoms with van der Waals surface area (Å²) in [6, 6.07) is 16.2. The van der Waals surface area contributed by atoms with Crippen molar-refractivity contribution < 1.29 is 4.74 Å². The molecule has 0 unspecified atom stereocenters. The number of nitrogen functional groups attached to an aromatic ring is 1. The van der Waals surface area contributed by atoms with E-state index in [-0.39, 0.29) is 0 Å². The monoisotopic (exact) mass is 227 g/mol. The predicted molar refractivity (Wildman–Crippen MR) is 71.2 cm³/mol. The van der Waals surface area contributed by atoms with Crippen LogP contribution < -0.4 is 10.5 Å². The number of nitrogens with two attached hydrogens (primary N) is 1. The number of aryl methyl sites for hydroxylation is 1. The summed E-state index contributed by atoms with van der Waals surface area (Å²) >= 11 is 0. The molecule has 0 amide bonds. The minimum Gasteiger partial charge on any atom is -0.491 e. The number of ether oxygens (including phenoxy) is 1. The zero-order chi connectivity index (χ0) is 12.1. The van der Waals surface area contributed by atoms with Gasteiger partial charge >= 0.3 is 0 Å². The van der Waals surface area contributed by atoms with Crippen LogP contribution in [-0.4, -0.2) is 6.61 Å². The second-order valence-electron chi connectivity index (χ2n) is 4.07. The van der Waals surface area contributed by atoms with E-state index in [1.54, 1.807) is 0 Å². The average molecular weight is 227 g/mol. The molecule has 0 bridgehead atoms. The topological polar surface area (TPSA) is 35.2 Å². The summed E-state index contributed by atoms with van der Waals surface area (Å²) in [7, 11) is 0. The fraction of sp³-hybridized carbons (Fsp3) is 0.200. The standard InChI is InChI=1S/C15H17NO/c1-12-6-5-9-14(15(12)16)17-11-10-13-7-3-2-4-8-13/h2-9H,10-11,16H2,1H3. The van der Waals surface area contributed by atoms with E-state index in [1.807, 2.05) is 43.3 Å². The third kappa shape index (κ3) is 3.00. The van der Waals surface area contributed by atoms with Crippen LogP contribution in [0.1, 0.15) is 11.1 Å². The highest BCUT2D eigenvalue weighted by molar-refractivity contribution is 5.57. The summed E-state index contributed by atoms with van der Waals surface area (Å²) in [5.74, 6) is 0.779. The number of hydrogen-bond acceptors (Lipinski definition) is 2. The Hall–Kier alpha value is -1.96. The second kappa shape index (κ2) is 5.39. The van der Waals surface area contributed by atoms with Crippen LogP contribution in [0.2, 0.25) is 0 Å². The highest BCUT2D eigenvalue weighted by Gasteiger charge is 2.02. The van der Waals surface area contributed by atoms with Crippen molar-refractivity contribution in [2.24, 2.45) is 0 Å². The lowest BCUT2D eigenvalue weighted by atomic mass is 10.1. The molecular weight excluding hydrogens is 210 g/mol. The van der Waals surface area contributed by atoms with Crippen LogP contribution in [0, 0.1) is 6.92 Å². The SMILES string of the molecule is Cc1cccc(OCCc2ccccc2)c1N. The molecule has 0 fully saturated rings. The molecule has 2 N–H and O–H groups in total. The number of hydrogen-bond donors (Lipinski definition) is 1. The molecule has 0 aliphatic rings. The maximum Gasteiger partial charge on any atom is 0.142 e. The lowest BCUT2D eigenvalue weighted by Gasteiger charge is -2.10. The smallest absolute Gasteiger partial charge is 0.142 e. The first-order chi connectivity index (χ1) is 8.27. The van der Waals surface area contributed by atoms with Crippen molar-refractivity contribution in [3.63, 3.8) is 0 Å². The van der Waals surface area contributed by atoms with E-state index in [0.717, 1.165) is 23.4 Å². The quantitative estimate of drug-likeness (QED) is 0.814. The summed E-state index contributed by atoms with van der Waals surface area (Å²) in [6.07, 6.45) is 0.897. The number of anilines is 1. The van der Waals surface area contributed by atoms with Gasteiger partial charge in [0.25, 0.3) is 0 Å². The molecule has 0 saturated heterocycles. The van der Waals surface area contributed by atoms with Gasteiger partial charge in [-0.15, -0.1) is 0 Å². The zero-order valence-corrected chi connectivity index (χ0v) is 10.0. The fourth-order valence-electron chi connectivity index (χ4n) is 1.70. The van der Waals surface area contributed by atoms with Crippen molar-refractivity contribution in [1.82, 2.24) is 0 Å². The maximum absolute atomic E-state index is 5.94. The van der Waals surface area contributed by atoms with Crippen molar-refractivity contribution in [2.75, 3.05) is 12.3 Å². The fourth-order valence-corrected chi connectivity index (χ4v) is 1.70. The lowest BCUT2D eigenvalue weighted by Crippen LogP contribution is -2.04. The molecular formula is C15H17NO. The Morgan fingerprint density at radius 3 is 2.53 bits per heavy atom. The molecule has 0 aliphatic heterocycles. The van der Waals surface area contributed by atoms with Crippen molar-refractivity contribution in [3.8, 4) is 5.75 Å². The first-order valence-corrected chi connectivity index (χ1v) is 5.79. The molecule has 0 aromatic heterocycles. The van der Waals surface area contributed by atoms with E-state index in [1.165, 1.54) is 5.56 Å². The first-order valence-electron chi connectivity index (χ1n) is 5.79. The van der Waals surface area contributed by atoms with Crippen LogP contribution in [0.3, 0.4) is 0 Å². The largest absolute Gasteiger partial charge is 0.491 e. The van der Waals surface area contributed by atoms with E-state index in [9.17, 15) is 0 Å². The van der Waals surface area contributed by atoms with Crippen molar-refractivity contribution in [1.29, 1.82) is 0 Å². The molecule has 0 saturated carbocycles. The first kappa shape index (κ1) is 11.5. The van der Waals surface area contributed by atoms with Gasteiger partial charge in [-0.3, -0.25) is 0 Å². The molecule has 2 nitrogen and oxygen atoms in total. The van der Waals surface area contributed by atoms with E-state index >= 15 is 0 Å². The van der Waals surface area contributed by atoms with E-state index in [0.29, 0.717) is 6.61 Å². The van der Waals surface area contributed by atoms with E-state index in [4.69, 9.17) is 10.5 Å². The highest BCUT2D eigenvalue weighted by atomic mass is 16.5. The van der Waals surface area contributed by atoms with Gasteiger partial charge in [0.2, 0.25) is 0 Å². The maximum atomic E-state index is 5.94. The summed E-state index contributed by atoms with van der Waals surface area (Å²) in [4.78, 5) is 0. The Morgan fingerprint density at radius 2 is 1.76 bits per heavy atom. The molecule has 88 valence electrons. The van der Waals surface area contributed by atoms with Gasteiger partial charge in [-0.1, -0.05) is 42.5 Å². The van der Waals surface area contributed by atoms with Gasteiger partial charge in [0.1, 0.15) is 5.75 Å². The summed E-state index contributed by atoms with van der Waals surface area (Å²) in [5, 5.41) is 0. The third-order valence-electron chi connectivity index (χ3n) is 2.78. The van der Waals surface area contributed by atoms with Crippen LogP contribution in [0.4, 0.5) is 5.69 Å². The summed E-state index contributed by atoms with van der Waals surface area (Å²) < 4.78 is 5.70. The molecule has 17 heavy (non-hydrogen) atoms. The number of rotatable bonds is 4. The average Bonchev–Trinajstić information content (AvgIpc) is 2.36. The molecule has 2 aromatic rings. The Bertz CT molecular complexity index is 480. The molecule has 0 radical (unpaired) electrons. The van der Waals surface area contributed by atoms with Crippen LogP contribution in [0.15, 0.2) is 48.5 Å². The Morgan fingerprint density at radius 1 is 1.00 bits per heavy atom. The third-order valence-corrected chi connectivity index (χ3v) is 2.78. The Labute approximate surface area is 102 Å². The van der Waals surface area contributed by atoms with Gasteiger partial charge in [-0.25, -0.2) is 0 Å². The molecule has 0 atom stereocenters. The van der Waals surface area contributed by atoms with Crippen LogP contribution >= 0.6 is 0 Å². The van der Waals surface area contributed by atoms with Gasteiger partial charge < -0.3 is 10.5 Å². The molecule has 0 spiro atoms. The minimum atomic E-state index is 0.650. The van der Waals surface area contributed by atoms with Gasteiger partial charge in [0.05, 0.1) is 12.3 Å². The van der Waals surface area contributed by atoms with E-state index < -0.39 is 0 Å². The van der Waals surface area contributed by atoms with Crippen LogP contribution in [0.5, 0.6) is 5.75 Å². The molecule has 2 aromatic carbocycles. The zero-order valence-electron chi connectivity index (χ0n) is 10.0. The molecule has 0 heterocycles. The Kier molecular flexibility index (Phi) is 3.66. The molecule has 2 heteroatoms. The summed E-state index contributed by atoms with van der Waals surface area (Å²) in [5.41, 5.74) is 9.01. The van der Waals surface area contributed by atoms with Crippen LogP contribution in [0.25, 0.3) is 0 Å². The molecule has 0 aliphatic carbocycles. The van der Waals surface area contributed by atoms with Gasteiger partial charge in [-0.2, -0.15) is 0 Å². The number of para-hydroxylation sites is 1. The minimum absolute atomic E-state index is 0.650. The molecule has 2 rings (SSSR count). The predicted octanol–water partition coefficient (Wildman–Crippen LogP) is 3.20. The number of benzene rings is 2. The van der Waals surface area contributed by atoms with Crippen molar-refractivity contribution >= 4 is 5.69 Å². The lowest BCUT2D eigenvalue weighted by molar-refractivity contribution is 0.323. The van der Waals surface area contributed by atoms with Gasteiger partial charge in [-0.05, 0) is 24.1 Å². The normalized spacial score (nSPS) is 10.2. The second-order valence-corrected chi connectivity index (χ2v) is 4.07. The Balaban J connectivity index is 1.93. The van der Waals surface area contributed by atoms with Gasteiger partial charge in [0.15, 0.2) is 0 Å². The van der Waals surface area contributed by atoms with E-state index in [2.05, 4.69) is 12.1 Å². The highest BCUT2D eigenvalue weighted by Crippen LogP contribution is 2.24.